The van der Waals surface area contributed by atoms with Crippen molar-refractivity contribution in [1.82, 2.24) is 0 Å². The second kappa shape index (κ2) is 6.66. The number of carbonyl (C=O) groups is 1. The Bertz CT molecular complexity index is 580. The van der Waals surface area contributed by atoms with Gasteiger partial charge in [-0.3, -0.25) is 0 Å². The molecule has 2 fully saturated rings. The average molecular weight is 340 g/mol. The predicted molar refractivity (Wildman–Crippen MR) is 79.1 cm³/mol. The summed E-state index contributed by atoms with van der Waals surface area (Å²) in [7, 11) is 0. The van der Waals surface area contributed by atoms with Crippen molar-refractivity contribution in [2.24, 2.45) is 0 Å². The van der Waals surface area contributed by atoms with Gasteiger partial charge >= 0.3 is 5.97 Å². The number of hydrogen-bond acceptors (Lipinski definition) is 8. The Kier molecular flexibility index (Phi) is 4.75. The van der Waals surface area contributed by atoms with Crippen LogP contribution in [0.1, 0.15) is 12.5 Å². The van der Waals surface area contributed by atoms with Crippen molar-refractivity contribution in [2.75, 3.05) is 19.8 Å². The van der Waals surface area contributed by atoms with Crippen molar-refractivity contribution in [3.8, 4) is 5.75 Å². The molecule has 132 valence electrons. The normalized spacial score (nSPS) is 30.2. The van der Waals surface area contributed by atoms with Crippen molar-refractivity contribution in [2.45, 2.75) is 37.1 Å². The Hall–Kier alpha value is -1.71. The first-order valence-electron chi connectivity index (χ1n) is 7.67. The minimum absolute atomic E-state index is 0.203. The molecule has 0 aromatic heterocycles. The molecule has 3 rings (SSSR count). The molecule has 0 bridgehead atoms. The van der Waals surface area contributed by atoms with Crippen LogP contribution in [-0.4, -0.2) is 65.5 Å². The highest BCUT2D eigenvalue weighted by Gasteiger charge is 2.46. The van der Waals surface area contributed by atoms with Gasteiger partial charge in [0.2, 0.25) is 0 Å². The molecule has 24 heavy (non-hydrogen) atoms. The fourth-order valence-electron chi connectivity index (χ4n) is 2.71. The summed E-state index contributed by atoms with van der Waals surface area (Å²) in [6.07, 6.45) is -5.60. The summed E-state index contributed by atoms with van der Waals surface area (Å²) in [6.45, 7) is 2.70. The van der Waals surface area contributed by atoms with Gasteiger partial charge in [0.25, 0.3) is 0 Å². The van der Waals surface area contributed by atoms with Crippen LogP contribution in [0, 0.1) is 0 Å². The Morgan fingerprint density at radius 2 is 1.88 bits per heavy atom. The van der Waals surface area contributed by atoms with Crippen molar-refractivity contribution in [3.05, 3.63) is 29.8 Å². The smallest absolute Gasteiger partial charge is 0.338 e. The molecular weight excluding hydrogens is 320 g/mol. The maximum atomic E-state index is 11.2. The van der Waals surface area contributed by atoms with Crippen LogP contribution in [0.25, 0.3) is 0 Å². The van der Waals surface area contributed by atoms with Crippen LogP contribution in [0.2, 0.25) is 0 Å². The van der Waals surface area contributed by atoms with E-state index in [-0.39, 0.29) is 6.61 Å². The fourth-order valence-corrected chi connectivity index (χ4v) is 2.71. The molecule has 0 spiro atoms. The van der Waals surface area contributed by atoms with Crippen LogP contribution in [0.3, 0.4) is 0 Å². The van der Waals surface area contributed by atoms with Crippen molar-refractivity contribution in [1.29, 1.82) is 0 Å². The van der Waals surface area contributed by atoms with E-state index in [1.54, 1.807) is 24.3 Å². The largest absolute Gasteiger partial charge is 0.491 e. The second-order valence-corrected chi connectivity index (χ2v) is 5.88. The van der Waals surface area contributed by atoms with Gasteiger partial charge in [0.1, 0.15) is 24.6 Å². The van der Waals surface area contributed by atoms with E-state index in [1.807, 2.05) is 6.92 Å². The lowest BCUT2D eigenvalue weighted by atomic mass is 10.1. The highest BCUT2D eigenvalue weighted by molar-refractivity contribution is 5.77. The van der Waals surface area contributed by atoms with E-state index in [9.17, 15) is 20.1 Å². The number of benzene rings is 1. The SMILES string of the molecule is CC1(c2ccc(OC[C@H](O)[C@H]3OC(=O)[C@@H](O)[C@@H]3O)cc2)OCCO1. The van der Waals surface area contributed by atoms with Crippen molar-refractivity contribution < 1.29 is 39.1 Å². The Morgan fingerprint density at radius 1 is 1.25 bits per heavy atom. The third kappa shape index (κ3) is 3.24. The van der Waals surface area contributed by atoms with E-state index in [2.05, 4.69) is 0 Å². The zero-order valence-electron chi connectivity index (χ0n) is 13.1. The van der Waals surface area contributed by atoms with Crippen molar-refractivity contribution >= 4 is 5.97 Å². The van der Waals surface area contributed by atoms with Gasteiger partial charge in [-0.05, 0) is 31.2 Å². The van der Waals surface area contributed by atoms with E-state index in [0.717, 1.165) is 5.56 Å². The monoisotopic (exact) mass is 340 g/mol. The number of hydrogen-bond donors (Lipinski definition) is 3. The number of aliphatic hydroxyl groups excluding tert-OH is 3. The molecule has 0 radical (unpaired) electrons. The molecule has 0 unspecified atom stereocenters. The van der Waals surface area contributed by atoms with Gasteiger partial charge in [-0.1, -0.05) is 0 Å². The highest BCUT2D eigenvalue weighted by Crippen LogP contribution is 2.31. The molecule has 4 atom stereocenters. The van der Waals surface area contributed by atoms with Crippen LogP contribution in [0.15, 0.2) is 24.3 Å². The minimum atomic E-state index is -1.64. The van der Waals surface area contributed by atoms with Gasteiger partial charge in [-0.2, -0.15) is 0 Å². The number of aliphatic hydroxyl groups is 3. The lowest BCUT2D eigenvalue weighted by Gasteiger charge is -2.23. The van der Waals surface area contributed by atoms with Crippen LogP contribution < -0.4 is 4.74 Å². The van der Waals surface area contributed by atoms with E-state index < -0.39 is 36.2 Å². The van der Waals surface area contributed by atoms with Gasteiger partial charge in [-0.25, -0.2) is 4.79 Å². The van der Waals surface area contributed by atoms with E-state index in [1.165, 1.54) is 0 Å². The maximum Gasteiger partial charge on any atom is 0.338 e. The van der Waals surface area contributed by atoms with Gasteiger partial charge in [0.05, 0.1) is 13.2 Å². The first-order valence-corrected chi connectivity index (χ1v) is 7.67. The minimum Gasteiger partial charge on any atom is -0.491 e. The van der Waals surface area contributed by atoms with Crippen molar-refractivity contribution in [3.63, 3.8) is 0 Å². The molecule has 2 saturated heterocycles. The molecule has 0 saturated carbocycles. The molecule has 2 aliphatic heterocycles. The maximum absolute atomic E-state index is 11.2. The Morgan fingerprint density at radius 3 is 2.42 bits per heavy atom. The molecule has 8 heteroatoms. The van der Waals surface area contributed by atoms with Crippen LogP contribution in [0.5, 0.6) is 5.75 Å². The summed E-state index contributed by atoms with van der Waals surface area (Å²) in [4.78, 5) is 11.2. The zero-order valence-corrected chi connectivity index (χ0v) is 13.1. The Balaban J connectivity index is 1.56. The summed E-state index contributed by atoms with van der Waals surface area (Å²) >= 11 is 0. The van der Waals surface area contributed by atoms with Gasteiger partial charge in [0.15, 0.2) is 18.0 Å². The van der Waals surface area contributed by atoms with Crippen LogP contribution in [0.4, 0.5) is 0 Å². The third-order valence-corrected chi connectivity index (χ3v) is 4.17. The number of ether oxygens (including phenoxy) is 4. The summed E-state index contributed by atoms with van der Waals surface area (Å²) < 4.78 is 21.3. The number of esters is 1. The summed E-state index contributed by atoms with van der Waals surface area (Å²) in [6, 6.07) is 6.98. The Labute approximate surface area is 138 Å². The lowest BCUT2D eigenvalue weighted by molar-refractivity contribution is -0.151. The first kappa shape index (κ1) is 17.1. The summed E-state index contributed by atoms with van der Waals surface area (Å²) in [5.41, 5.74) is 0.844. The van der Waals surface area contributed by atoms with Gasteiger partial charge < -0.3 is 34.3 Å². The zero-order chi connectivity index (χ0) is 17.3. The summed E-state index contributed by atoms with van der Waals surface area (Å²) in [5.74, 6) is -1.24. The molecule has 2 aliphatic rings. The number of rotatable bonds is 5. The quantitative estimate of drug-likeness (QED) is 0.603. The molecule has 0 aliphatic carbocycles. The van der Waals surface area contributed by atoms with E-state index in [4.69, 9.17) is 18.9 Å². The molecule has 1 aromatic carbocycles. The summed E-state index contributed by atoms with van der Waals surface area (Å²) in [5, 5.41) is 28.9. The standard InChI is InChI=1S/C16H20O8/c1-16(22-6-7-23-16)9-2-4-10(5-3-9)21-8-11(17)14-12(18)13(19)15(20)24-14/h2-5,11-14,17-19H,6-8H2,1H3/t11-,12-,13-,14+/m0/s1. The van der Waals surface area contributed by atoms with Gasteiger partial charge in [0, 0.05) is 5.56 Å². The van der Waals surface area contributed by atoms with Crippen LogP contribution in [-0.2, 0) is 24.8 Å². The first-order chi connectivity index (χ1) is 11.4. The number of carbonyl (C=O) groups excluding carboxylic acids is 1. The third-order valence-electron chi connectivity index (χ3n) is 4.17. The topological polar surface area (TPSA) is 115 Å². The lowest BCUT2D eigenvalue weighted by Crippen LogP contribution is -2.41. The molecule has 2 heterocycles. The molecule has 3 N–H and O–H groups in total. The molecule has 0 amide bonds. The average Bonchev–Trinajstić information content (AvgIpc) is 3.13. The van der Waals surface area contributed by atoms with E-state index >= 15 is 0 Å². The fraction of sp³-hybridized carbons (Fsp3) is 0.562. The molecular formula is C16H20O8. The molecule has 1 aromatic rings. The highest BCUT2D eigenvalue weighted by atomic mass is 16.7. The molecule has 8 nitrogen and oxygen atoms in total. The predicted octanol–water partition coefficient (Wildman–Crippen LogP) is -0.707. The van der Waals surface area contributed by atoms with E-state index in [0.29, 0.717) is 19.0 Å². The van der Waals surface area contributed by atoms with Crippen LogP contribution >= 0.6 is 0 Å². The number of cyclic esters (lactones) is 1. The second-order valence-electron chi connectivity index (χ2n) is 5.88. The van der Waals surface area contributed by atoms with Gasteiger partial charge in [-0.15, -0.1) is 0 Å².